The number of sulfone groups is 2. The molecule has 1 aliphatic rings. The molecule has 1 aromatic heterocycles. The number of hydrogen-bond acceptors (Lipinski definition) is 8. The molecule has 2 rings (SSSR count). The molecule has 1 fully saturated rings. The Morgan fingerprint density at radius 2 is 1.81 bits per heavy atom. The lowest BCUT2D eigenvalue weighted by Crippen LogP contribution is -2.40. The maximum absolute atomic E-state index is 11.9. The van der Waals surface area contributed by atoms with Gasteiger partial charge in [0.2, 0.25) is 0 Å². The highest BCUT2D eigenvalue weighted by molar-refractivity contribution is 7.91. The highest BCUT2D eigenvalue weighted by Gasteiger charge is 2.31. The van der Waals surface area contributed by atoms with Crippen molar-refractivity contribution in [1.29, 1.82) is 0 Å². The number of nitrogens with two attached hydrogens (primary N) is 2. The fourth-order valence-corrected chi connectivity index (χ4v) is 5.89. The topological polar surface area (TPSA) is 141 Å². The second kappa shape index (κ2) is 5.14. The van der Waals surface area contributed by atoms with E-state index in [9.17, 15) is 21.6 Å². The van der Waals surface area contributed by atoms with Gasteiger partial charge in [-0.25, -0.2) is 16.8 Å². The van der Waals surface area contributed by atoms with Crippen molar-refractivity contribution in [3.05, 3.63) is 4.88 Å². The first-order chi connectivity index (χ1) is 9.53. The van der Waals surface area contributed by atoms with Crippen molar-refractivity contribution in [2.75, 3.05) is 41.5 Å². The monoisotopic (exact) mass is 353 g/mol. The molecule has 0 unspecified atom stereocenters. The van der Waals surface area contributed by atoms with Crippen LogP contribution in [-0.2, 0) is 19.7 Å². The first-order valence-corrected chi connectivity index (χ1v) is 10.4. The standard InChI is InChI=1S/C10H15N3O5S3/c1-20(15,16)8-6(11)7(9(12)14)19-10(8)13-2-4-21(17,18)5-3-13/h2-5,11H2,1H3,(H2,12,14). The molecule has 0 saturated carbocycles. The van der Waals surface area contributed by atoms with Gasteiger partial charge in [0.1, 0.15) is 14.8 Å². The minimum absolute atomic E-state index is 0.0288. The van der Waals surface area contributed by atoms with Crippen molar-refractivity contribution in [1.82, 2.24) is 0 Å². The Kier molecular flexibility index (Phi) is 3.93. The van der Waals surface area contributed by atoms with Gasteiger partial charge in [-0.3, -0.25) is 4.79 Å². The van der Waals surface area contributed by atoms with Crippen LogP contribution in [0.5, 0.6) is 0 Å². The van der Waals surface area contributed by atoms with Crippen LogP contribution in [-0.4, -0.2) is 53.6 Å². The molecule has 118 valence electrons. The van der Waals surface area contributed by atoms with E-state index in [1.807, 2.05) is 0 Å². The summed E-state index contributed by atoms with van der Waals surface area (Å²) in [5, 5.41) is 0.277. The Hall–Kier alpha value is -1.33. The van der Waals surface area contributed by atoms with Gasteiger partial charge < -0.3 is 16.4 Å². The quantitative estimate of drug-likeness (QED) is 0.715. The Balaban J connectivity index is 2.54. The fraction of sp³-hybridized carbons (Fsp3) is 0.500. The van der Waals surface area contributed by atoms with Gasteiger partial charge in [-0.05, 0) is 0 Å². The Morgan fingerprint density at radius 3 is 2.24 bits per heavy atom. The summed E-state index contributed by atoms with van der Waals surface area (Å²) in [5.41, 5.74) is 10.8. The average Bonchev–Trinajstić information content (AvgIpc) is 2.66. The number of hydrogen-bond donors (Lipinski definition) is 2. The van der Waals surface area contributed by atoms with Crippen LogP contribution in [0.2, 0.25) is 0 Å². The van der Waals surface area contributed by atoms with E-state index in [0.29, 0.717) is 0 Å². The zero-order valence-corrected chi connectivity index (χ0v) is 13.6. The average molecular weight is 353 g/mol. The van der Waals surface area contributed by atoms with Crippen molar-refractivity contribution in [3.63, 3.8) is 0 Å². The van der Waals surface area contributed by atoms with Gasteiger partial charge in [-0.15, -0.1) is 11.3 Å². The van der Waals surface area contributed by atoms with Crippen LogP contribution in [0.4, 0.5) is 10.7 Å². The number of nitrogens with zero attached hydrogens (tertiary/aromatic N) is 1. The van der Waals surface area contributed by atoms with E-state index < -0.39 is 25.6 Å². The molecular formula is C10H15N3O5S3. The van der Waals surface area contributed by atoms with Crippen molar-refractivity contribution in [3.8, 4) is 0 Å². The molecular weight excluding hydrogens is 338 g/mol. The second-order valence-electron chi connectivity index (χ2n) is 4.75. The molecule has 0 atom stereocenters. The summed E-state index contributed by atoms with van der Waals surface area (Å²) in [4.78, 5) is 12.8. The number of rotatable bonds is 3. The van der Waals surface area contributed by atoms with E-state index in [1.165, 1.54) is 0 Å². The summed E-state index contributed by atoms with van der Waals surface area (Å²) >= 11 is 0.880. The molecule has 1 aromatic rings. The van der Waals surface area contributed by atoms with Gasteiger partial charge in [0.15, 0.2) is 19.7 Å². The maximum atomic E-state index is 11.9. The molecule has 21 heavy (non-hydrogen) atoms. The molecule has 0 spiro atoms. The van der Waals surface area contributed by atoms with E-state index in [4.69, 9.17) is 11.5 Å². The molecule has 1 saturated heterocycles. The Labute approximate surface area is 126 Å². The molecule has 0 radical (unpaired) electrons. The largest absolute Gasteiger partial charge is 0.396 e. The minimum atomic E-state index is -3.67. The van der Waals surface area contributed by atoms with Crippen LogP contribution in [0.25, 0.3) is 0 Å². The van der Waals surface area contributed by atoms with Crippen LogP contribution in [0.1, 0.15) is 9.67 Å². The molecule has 0 aromatic carbocycles. The first kappa shape index (κ1) is 16.0. The zero-order valence-electron chi connectivity index (χ0n) is 11.2. The summed E-state index contributed by atoms with van der Waals surface area (Å²) in [6.45, 7) is 0.312. The molecule has 8 nitrogen and oxygen atoms in total. The summed E-state index contributed by atoms with van der Waals surface area (Å²) in [6.07, 6.45) is 0.986. The van der Waals surface area contributed by atoms with Crippen molar-refractivity contribution in [2.24, 2.45) is 5.73 Å². The number of nitrogen functional groups attached to an aromatic ring is 1. The van der Waals surface area contributed by atoms with Gasteiger partial charge >= 0.3 is 0 Å². The summed E-state index contributed by atoms with van der Waals surface area (Å²) < 4.78 is 46.7. The number of carbonyl (C=O) groups is 1. The van der Waals surface area contributed by atoms with Crippen LogP contribution in [0, 0.1) is 0 Å². The summed E-state index contributed by atoms with van der Waals surface area (Å²) in [5.74, 6) is -0.946. The second-order valence-corrected chi connectivity index (χ2v) is 10.0. The summed E-state index contributed by atoms with van der Waals surface area (Å²) in [7, 11) is -6.77. The lowest BCUT2D eigenvalue weighted by Gasteiger charge is -2.28. The van der Waals surface area contributed by atoms with E-state index in [1.54, 1.807) is 4.90 Å². The fourth-order valence-electron chi connectivity index (χ4n) is 2.08. The number of anilines is 2. The maximum Gasteiger partial charge on any atom is 0.261 e. The van der Waals surface area contributed by atoms with Gasteiger partial charge in [-0.1, -0.05) is 0 Å². The van der Waals surface area contributed by atoms with E-state index in [0.717, 1.165) is 17.6 Å². The Morgan fingerprint density at radius 1 is 1.29 bits per heavy atom. The number of thiophene rings is 1. The van der Waals surface area contributed by atoms with Crippen LogP contribution >= 0.6 is 11.3 Å². The van der Waals surface area contributed by atoms with Gasteiger partial charge in [-0.2, -0.15) is 0 Å². The van der Waals surface area contributed by atoms with Gasteiger partial charge in [0, 0.05) is 19.3 Å². The van der Waals surface area contributed by atoms with Crippen LogP contribution in [0.15, 0.2) is 4.90 Å². The van der Waals surface area contributed by atoms with Crippen LogP contribution < -0.4 is 16.4 Å². The SMILES string of the molecule is CS(=O)(=O)c1c(N2CCS(=O)(=O)CC2)sc(C(N)=O)c1N. The molecule has 0 bridgehead atoms. The summed E-state index contributed by atoms with van der Waals surface area (Å²) in [6, 6.07) is 0. The predicted octanol–water partition coefficient (Wildman–Crippen LogP) is -0.932. The highest BCUT2D eigenvalue weighted by atomic mass is 32.2. The normalized spacial score (nSPS) is 18.6. The highest BCUT2D eigenvalue weighted by Crippen LogP contribution is 2.41. The van der Waals surface area contributed by atoms with E-state index in [-0.39, 0.29) is 45.1 Å². The smallest absolute Gasteiger partial charge is 0.261 e. The third-order valence-corrected chi connectivity index (χ3v) is 7.28. The molecule has 2 heterocycles. The van der Waals surface area contributed by atoms with Crippen molar-refractivity contribution in [2.45, 2.75) is 4.90 Å². The van der Waals surface area contributed by atoms with E-state index in [2.05, 4.69) is 0 Å². The third kappa shape index (κ3) is 3.14. The van der Waals surface area contributed by atoms with Crippen molar-refractivity contribution < 1.29 is 21.6 Å². The minimum Gasteiger partial charge on any atom is -0.396 e. The zero-order chi connectivity index (χ0) is 16.0. The number of primary amides is 1. The predicted molar refractivity (Wildman–Crippen MR) is 81.2 cm³/mol. The molecule has 11 heteroatoms. The lowest BCUT2D eigenvalue weighted by atomic mass is 10.3. The Bertz CT molecular complexity index is 780. The number of amides is 1. The lowest BCUT2D eigenvalue weighted by molar-refractivity contribution is 0.100. The molecule has 1 aliphatic heterocycles. The van der Waals surface area contributed by atoms with Gasteiger partial charge in [0.05, 0.1) is 17.2 Å². The van der Waals surface area contributed by atoms with Crippen LogP contribution in [0.3, 0.4) is 0 Å². The van der Waals surface area contributed by atoms with Gasteiger partial charge in [0.25, 0.3) is 5.91 Å². The molecule has 4 N–H and O–H groups in total. The third-order valence-electron chi connectivity index (χ3n) is 3.11. The van der Waals surface area contributed by atoms with E-state index >= 15 is 0 Å². The number of carbonyl (C=O) groups excluding carboxylic acids is 1. The molecule has 0 aliphatic carbocycles. The molecule has 1 amide bonds. The first-order valence-electron chi connectivity index (χ1n) is 5.90. The van der Waals surface area contributed by atoms with Crippen molar-refractivity contribution >= 4 is 47.6 Å².